The zero-order chi connectivity index (χ0) is 25.3. The van der Waals surface area contributed by atoms with Crippen molar-refractivity contribution in [3.05, 3.63) is 88.0 Å². The number of benzene rings is 2. The van der Waals surface area contributed by atoms with Gasteiger partial charge in [-0.1, -0.05) is 57.1 Å². The van der Waals surface area contributed by atoms with E-state index in [-0.39, 0.29) is 17.7 Å². The highest BCUT2D eigenvalue weighted by molar-refractivity contribution is 9.10. The number of aromatic nitrogens is 1. The second kappa shape index (κ2) is 10.4. The normalized spacial score (nSPS) is 15.5. The number of rotatable bonds is 6. The Bertz CT molecular complexity index is 1530. The number of ether oxygens (including phenoxy) is 3. The van der Waals surface area contributed by atoms with Crippen molar-refractivity contribution in [3.8, 4) is 11.5 Å². The fourth-order valence-electron chi connectivity index (χ4n) is 3.90. The molecule has 1 atom stereocenters. The van der Waals surface area contributed by atoms with Gasteiger partial charge in [0.15, 0.2) is 16.3 Å². The average molecular weight is 578 g/mol. The molecule has 0 spiro atoms. The fraction of sp³-hybridized carbons (Fsp3) is 0.240. The summed E-state index contributed by atoms with van der Waals surface area (Å²) in [7, 11) is 3.10. The van der Waals surface area contributed by atoms with Crippen LogP contribution < -0.4 is 24.4 Å². The highest BCUT2D eigenvalue weighted by atomic mass is 79.9. The maximum atomic E-state index is 13.7. The minimum atomic E-state index is -0.769. The van der Waals surface area contributed by atoms with E-state index < -0.39 is 12.0 Å². The van der Waals surface area contributed by atoms with Crippen LogP contribution in [0.3, 0.4) is 0 Å². The molecular formula is C25H22BrClN2O5S. The van der Waals surface area contributed by atoms with Crippen LogP contribution in [0.4, 0.5) is 0 Å². The lowest BCUT2D eigenvalue weighted by Gasteiger charge is -2.25. The molecule has 182 valence electrons. The first-order valence-electron chi connectivity index (χ1n) is 10.7. The lowest BCUT2D eigenvalue weighted by atomic mass is 9.96. The number of thiazole rings is 1. The van der Waals surface area contributed by atoms with Gasteiger partial charge in [0, 0.05) is 9.50 Å². The van der Waals surface area contributed by atoms with E-state index in [2.05, 4.69) is 20.9 Å². The van der Waals surface area contributed by atoms with E-state index in [0.29, 0.717) is 37.1 Å². The number of hydrogen-bond donors (Lipinski definition) is 0. The van der Waals surface area contributed by atoms with Gasteiger partial charge >= 0.3 is 5.97 Å². The predicted molar refractivity (Wildman–Crippen MR) is 139 cm³/mol. The molecule has 35 heavy (non-hydrogen) atoms. The van der Waals surface area contributed by atoms with Crippen LogP contribution in [0.1, 0.15) is 31.0 Å². The summed E-state index contributed by atoms with van der Waals surface area (Å²) in [5.74, 6) is 0.561. The topological polar surface area (TPSA) is 79.1 Å². The summed E-state index contributed by atoms with van der Waals surface area (Å²) >= 11 is 11.3. The van der Waals surface area contributed by atoms with Gasteiger partial charge in [0.25, 0.3) is 5.56 Å². The molecule has 3 aromatic rings. The Kier molecular flexibility index (Phi) is 7.49. The summed E-state index contributed by atoms with van der Waals surface area (Å²) in [6, 6.07) is 9.92. The van der Waals surface area contributed by atoms with E-state index in [4.69, 9.17) is 25.8 Å². The third kappa shape index (κ3) is 4.68. The van der Waals surface area contributed by atoms with Crippen molar-refractivity contribution in [2.24, 2.45) is 4.99 Å². The Morgan fingerprint density at radius 3 is 2.57 bits per heavy atom. The second-order valence-electron chi connectivity index (χ2n) is 7.55. The summed E-state index contributed by atoms with van der Waals surface area (Å²) in [6.45, 7) is 3.66. The monoisotopic (exact) mass is 576 g/mol. The van der Waals surface area contributed by atoms with Gasteiger partial charge < -0.3 is 14.2 Å². The van der Waals surface area contributed by atoms with E-state index in [1.807, 2.05) is 6.07 Å². The van der Waals surface area contributed by atoms with Crippen LogP contribution in [0.5, 0.6) is 11.5 Å². The van der Waals surface area contributed by atoms with Crippen molar-refractivity contribution in [1.29, 1.82) is 0 Å². The van der Waals surface area contributed by atoms with Gasteiger partial charge in [0.1, 0.15) is 6.04 Å². The molecule has 0 N–H and O–H groups in total. The van der Waals surface area contributed by atoms with Crippen molar-refractivity contribution >= 4 is 50.9 Å². The largest absolute Gasteiger partial charge is 0.493 e. The zero-order valence-corrected chi connectivity index (χ0v) is 22.6. The zero-order valence-electron chi connectivity index (χ0n) is 19.4. The average Bonchev–Trinajstić information content (AvgIpc) is 3.14. The molecule has 2 heterocycles. The van der Waals surface area contributed by atoms with Crippen LogP contribution in [-0.2, 0) is 9.53 Å². The standard InChI is InChI=1S/C25H22BrClN2O5S/c1-5-34-24(31)21-13(2)28-25-29(22(21)15-8-6-7-9-17(15)27)23(30)20(35-25)11-14-10-18(32-3)19(33-4)12-16(14)26/h6-12,22H,5H2,1-4H3/b20-11-/t22-/m1/s1. The number of carbonyl (C=O) groups is 1. The molecule has 7 nitrogen and oxygen atoms in total. The van der Waals surface area contributed by atoms with E-state index >= 15 is 0 Å². The number of fused-ring (bicyclic) bond motifs is 1. The molecule has 0 saturated heterocycles. The lowest BCUT2D eigenvalue weighted by Crippen LogP contribution is -2.40. The first-order chi connectivity index (χ1) is 16.8. The van der Waals surface area contributed by atoms with Crippen LogP contribution in [0.2, 0.25) is 5.02 Å². The molecule has 0 amide bonds. The molecule has 2 aromatic carbocycles. The molecule has 0 aliphatic carbocycles. The van der Waals surface area contributed by atoms with Crippen molar-refractivity contribution in [1.82, 2.24) is 4.57 Å². The molecule has 0 unspecified atom stereocenters. The molecule has 0 fully saturated rings. The molecule has 0 saturated carbocycles. The van der Waals surface area contributed by atoms with E-state index in [9.17, 15) is 9.59 Å². The molecule has 1 aromatic heterocycles. The third-order valence-electron chi connectivity index (χ3n) is 5.51. The number of nitrogens with zero attached hydrogens (tertiary/aromatic N) is 2. The van der Waals surface area contributed by atoms with Gasteiger partial charge in [-0.3, -0.25) is 9.36 Å². The molecule has 10 heteroatoms. The Labute approximate surface area is 219 Å². The summed E-state index contributed by atoms with van der Waals surface area (Å²) in [5.41, 5.74) is 1.81. The molecule has 4 rings (SSSR count). The maximum Gasteiger partial charge on any atom is 0.338 e. The number of esters is 1. The summed E-state index contributed by atoms with van der Waals surface area (Å²) in [4.78, 5) is 31.7. The van der Waals surface area contributed by atoms with E-state index in [1.54, 1.807) is 64.5 Å². The van der Waals surface area contributed by atoms with Gasteiger partial charge in [0.2, 0.25) is 0 Å². The van der Waals surface area contributed by atoms with Crippen LogP contribution in [0.15, 0.2) is 61.9 Å². The molecule has 0 bridgehead atoms. The Hall–Kier alpha value is -2.88. The van der Waals surface area contributed by atoms with Gasteiger partial charge in [-0.25, -0.2) is 9.79 Å². The van der Waals surface area contributed by atoms with E-state index in [0.717, 1.165) is 10.0 Å². The summed E-state index contributed by atoms with van der Waals surface area (Å²) in [5, 5.41) is 0.436. The number of carbonyl (C=O) groups excluding carboxylic acids is 1. The number of halogens is 2. The SMILES string of the molecule is CCOC(=O)C1=C(C)N=c2s/c(=C\c3cc(OC)c(OC)cc3Br)c(=O)n2[C@@H]1c1ccccc1Cl. The molecule has 1 aliphatic heterocycles. The Morgan fingerprint density at radius 2 is 1.91 bits per heavy atom. The third-order valence-corrected chi connectivity index (χ3v) is 7.52. The molecule has 1 aliphatic rings. The Morgan fingerprint density at radius 1 is 1.23 bits per heavy atom. The Balaban J connectivity index is 1.98. The lowest BCUT2D eigenvalue weighted by molar-refractivity contribution is -0.139. The molecular weight excluding hydrogens is 556 g/mol. The van der Waals surface area contributed by atoms with Crippen LogP contribution >= 0.6 is 38.9 Å². The first-order valence-corrected chi connectivity index (χ1v) is 12.6. The van der Waals surface area contributed by atoms with Crippen molar-refractivity contribution in [2.75, 3.05) is 20.8 Å². The minimum Gasteiger partial charge on any atom is -0.493 e. The quantitative estimate of drug-likeness (QED) is 0.410. The highest BCUT2D eigenvalue weighted by Crippen LogP contribution is 2.35. The van der Waals surface area contributed by atoms with Gasteiger partial charge in [-0.2, -0.15) is 0 Å². The van der Waals surface area contributed by atoms with Crippen LogP contribution in [-0.4, -0.2) is 31.4 Å². The second-order valence-corrected chi connectivity index (χ2v) is 9.82. The van der Waals surface area contributed by atoms with Crippen molar-refractivity contribution in [2.45, 2.75) is 19.9 Å². The van der Waals surface area contributed by atoms with Crippen molar-refractivity contribution in [3.63, 3.8) is 0 Å². The van der Waals surface area contributed by atoms with E-state index in [1.165, 1.54) is 15.9 Å². The van der Waals surface area contributed by atoms with Gasteiger partial charge in [-0.15, -0.1) is 0 Å². The smallest absolute Gasteiger partial charge is 0.338 e. The highest BCUT2D eigenvalue weighted by Gasteiger charge is 2.34. The first kappa shape index (κ1) is 25.2. The fourth-order valence-corrected chi connectivity index (χ4v) is 5.62. The predicted octanol–water partition coefficient (Wildman–Crippen LogP) is 4.23. The maximum absolute atomic E-state index is 13.7. The number of allylic oxidation sites excluding steroid dienone is 1. The summed E-state index contributed by atoms with van der Waals surface area (Å²) < 4.78 is 18.7. The van der Waals surface area contributed by atoms with Crippen LogP contribution in [0.25, 0.3) is 6.08 Å². The minimum absolute atomic E-state index is 0.197. The summed E-state index contributed by atoms with van der Waals surface area (Å²) in [6.07, 6.45) is 1.75. The van der Waals surface area contributed by atoms with Crippen LogP contribution in [0, 0.1) is 0 Å². The van der Waals surface area contributed by atoms with Gasteiger partial charge in [-0.05, 0) is 49.2 Å². The number of methoxy groups -OCH3 is 2. The molecule has 0 radical (unpaired) electrons. The number of hydrogen-bond acceptors (Lipinski definition) is 7. The van der Waals surface area contributed by atoms with Crippen molar-refractivity contribution < 1.29 is 19.0 Å². The van der Waals surface area contributed by atoms with Gasteiger partial charge in [0.05, 0.1) is 36.6 Å².